The summed E-state index contributed by atoms with van der Waals surface area (Å²) < 4.78 is 4.89. The Kier molecular flexibility index (Phi) is 4.49. The number of thiazole rings is 1. The van der Waals surface area contributed by atoms with Gasteiger partial charge in [-0.05, 0) is 14.0 Å². The van der Waals surface area contributed by atoms with Crippen molar-refractivity contribution in [3.63, 3.8) is 0 Å². The quantitative estimate of drug-likeness (QED) is 0.807. The van der Waals surface area contributed by atoms with Gasteiger partial charge in [-0.15, -0.1) is 11.3 Å². The van der Waals surface area contributed by atoms with E-state index in [-0.39, 0.29) is 18.4 Å². The summed E-state index contributed by atoms with van der Waals surface area (Å²) in [5.74, 6) is -0.470. The van der Waals surface area contributed by atoms with Crippen LogP contribution >= 0.6 is 11.3 Å². The summed E-state index contributed by atoms with van der Waals surface area (Å²) in [5.41, 5.74) is 2.69. The van der Waals surface area contributed by atoms with Crippen molar-refractivity contribution < 1.29 is 14.3 Å². The zero-order valence-electron chi connectivity index (χ0n) is 11.0. The van der Waals surface area contributed by atoms with E-state index in [0.717, 1.165) is 10.6 Å². The number of hydrogen-bond acceptors (Lipinski definition) is 6. The number of rotatable bonds is 4. The van der Waals surface area contributed by atoms with Gasteiger partial charge in [0.1, 0.15) is 12.6 Å². The summed E-state index contributed by atoms with van der Waals surface area (Å²) in [6.07, 6.45) is 0.669. The molecular weight excluding hydrogens is 266 g/mol. The van der Waals surface area contributed by atoms with Crippen LogP contribution in [-0.4, -0.2) is 48.5 Å². The minimum Gasteiger partial charge on any atom is -0.465 e. The van der Waals surface area contributed by atoms with Crippen molar-refractivity contribution in [3.8, 4) is 0 Å². The average molecular weight is 283 g/mol. The molecule has 2 heterocycles. The molecule has 0 bridgehead atoms. The number of carbonyl (C=O) groups is 2. The van der Waals surface area contributed by atoms with E-state index in [0.29, 0.717) is 19.6 Å². The van der Waals surface area contributed by atoms with Crippen LogP contribution in [0.1, 0.15) is 23.5 Å². The minimum absolute atomic E-state index is 0.000204. The monoisotopic (exact) mass is 283 g/mol. The fourth-order valence-electron chi connectivity index (χ4n) is 2.12. The van der Waals surface area contributed by atoms with Crippen LogP contribution in [0.25, 0.3) is 0 Å². The van der Waals surface area contributed by atoms with E-state index in [4.69, 9.17) is 4.74 Å². The first-order valence-corrected chi connectivity index (χ1v) is 7.09. The van der Waals surface area contributed by atoms with Gasteiger partial charge in [0, 0.05) is 13.0 Å². The predicted octanol–water partition coefficient (Wildman–Crippen LogP) is 0.351. The topological polar surface area (TPSA) is 71.5 Å². The van der Waals surface area contributed by atoms with Crippen molar-refractivity contribution in [3.05, 3.63) is 16.1 Å². The number of aromatic nitrogens is 1. The Morgan fingerprint density at radius 1 is 1.68 bits per heavy atom. The fraction of sp³-hybridized carbons (Fsp3) is 0.583. The van der Waals surface area contributed by atoms with E-state index in [1.807, 2.05) is 0 Å². The zero-order valence-corrected chi connectivity index (χ0v) is 11.8. The average Bonchev–Trinajstić information content (AvgIpc) is 2.79. The number of likely N-dealkylation sites (N-methyl/N-ethyl adjacent to an activating group) is 1. The highest BCUT2D eigenvalue weighted by atomic mass is 32.1. The number of esters is 1. The van der Waals surface area contributed by atoms with Crippen LogP contribution < -0.4 is 5.32 Å². The molecule has 1 N–H and O–H groups in total. The summed E-state index contributed by atoms with van der Waals surface area (Å²) >= 11 is 1.47. The Hall–Kier alpha value is -1.47. The third-order valence-electron chi connectivity index (χ3n) is 3.03. The minimum atomic E-state index is -0.417. The standard InChI is InChI=1S/C12H17N3O3S/c1-3-18-9(16)6-15-5-4-8-11(19-7-14-8)10(13-2)12(15)17/h7,10,13H,3-6H2,1-2H3. The lowest BCUT2D eigenvalue weighted by atomic mass is 10.2. The molecule has 0 radical (unpaired) electrons. The molecule has 0 saturated heterocycles. The van der Waals surface area contributed by atoms with Crippen LogP contribution in [0, 0.1) is 0 Å². The maximum absolute atomic E-state index is 12.4. The lowest BCUT2D eigenvalue weighted by Gasteiger charge is -2.23. The van der Waals surface area contributed by atoms with Gasteiger partial charge in [0.05, 0.1) is 22.7 Å². The number of amides is 1. The van der Waals surface area contributed by atoms with Gasteiger partial charge < -0.3 is 15.0 Å². The van der Waals surface area contributed by atoms with Crippen molar-refractivity contribution in [2.45, 2.75) is 19.4 Å². The van der Waals surface area contributed by atoms with Crippen molar-refractivity contribution in [1.82, 2.24) is 15.2 Å². The van der Waals surface area contributed by atoms with Gasteiger partial charge in [-0.25, -0.2) is 4.98 Å². The number of nitrogens with one attached hydrogen (secondary N) is 1. The van der Waals surface area contributed by atoms with Gasteiger partial charge in [0.2, 0.25) is 5.91 Å². The molecule has 2 rings (SSSR count). The van der Waals surface area contributed by atoms with E-state index in [1.165, 1.54) is 16.2 Å². The molecule has 1 atom stereocenters. The second-order valence-electron chi connectivity index (χ2n) is 4.20. The van der Waals surface area contributed by atoms with Gasteiger partial charge in [-0.1, -0.05) is 0 Å². The Morgan fingerprint density at radius 3 is 3.16 bits per heavy atom. The second-order valence-corrected chi connectivity index (χ2v) is 5.09. The van der Waals surface area contributed by atoms with Gasteiger partial charge in [-0.2, -0.15) is 0 Å². The van der Waals surface area contributed by atoms with Gasteiger partial charge in [0.25, 0.3) is 0 Å². The van der Waals surface area contributed by atoms with Crippen LogP contribution in [0.4, 0.5) is 0 Å². The van der Waals surface area contributed by atoms with Crippen LogP contribution in [-0.2, 0) is 20.7 Å². The molecule has 0 aliphatic carbocycles. The molecule has 1 aromatic rings. The summed E-state index contributed by atoms with van der Waals surface area (Å²) in [4.78, 5) is 30.7. The van der Waals surface area contributed by atoms with Gasteiger partial charge in [-0.3, -0.25) is 9.59 Å². The molecule has 0 saturated carbocycles. The van der Waals surface area contributed by atoms with Gasteiger partial charge in [0.15, 0.2) is 0 Å². The molecule has 1 aliphatic rings. The van der Waals surface area contributed by atoms with Crippen LogP contribution in [0.2, 0.25) is 0 Å². The molecule has 7 heteroatoms. The number of nitrogens with zero attached hydrogens (tertiary/aromatic N) is 2. The lowest BCUT2D eigenvalue weighted by molar-refractivity contribution is -0.149. The highest BCUT2D eigenvalue weighted by Crippen LogP contribution is 2.27. The zero-order chi connectivity index (χ0) is 13.8. The van der Waals surface area contributed by atoms with E-state index >= 15 is 0 Å². The number of fused-ring (bicyclic) bond motifs is 1. The van der Waals surface area contributed by atoms with Crippen molar-refractivity contribution in [2.24, 2.45) is 0 Å². The number of hydrogen-bond donors (Lipinski definition) is 1. The second kappa shape index (κ2) is 6.12. The Bertz CT molecular complexity index is 475. The first-order valence-electron chi connectivity index (χ1n) is 6.21. The molecule has 1 aromatic heterocycles. The molecule has 1 aliphatic heterocycles. The third-order valence-corrected chi connectivity index (χ3v) is 3.96. The lowest BCUT2D eigenvalue weighted by Crippen LogP contribution is -2.42. The van der Waals surface area contributed by atoms with E-state index in [1.54, 1.807) is 19.5 Å². The number of carbonyl (C=O) groups excluding carboxylic acids is 2. The van der Waals surface area contributed by atoms with Crippen molar-refractivity contribution >= 4 is 23.2 Å². The molecule has 0 fully saturated rings. The molecule has 0 aromatic carbocycles. The third kappa shape index (κ3) is 2.93. The van der Waals surface area contributed by atoms with Crippen molar-refractivity contribution in [1.29, 1.82) is 0 Å². The van der Waals surface area contributed by atoms with Crippen LogP contribution in [0.5, 0.6) is 0 Å². The van der Waals surface area contributed by atoms with E-state index in [2.05, 4.69) is 10.3 Å². The largest absolute Gasteiger partial charge is 0.465 e. The summed E-state index contributed by atoms with van der Waals surface area (Å²) in [5, 5.41) is 3.00. The fourth-order valence-corrected chi connectivity index (χ4v) is 3.06. The van der Waals surface area contributed by atoms with Crippen LogP contribution in [0.3, 0.4) is 0 Å². The Morgan fingerprint density at radius 2 is 2.47 bits per heavy atom. The summed E-state index contributed by atoms with van der Waals surface area (Å²) in [6.45, 7) is 2.57. The summed E-state index contributed by atoms with van der Waals surface area (Å²) in [7, 11) is 1.74. The first kappa shape index (κ1) is 14.0. The molecule has 19 heavy (non-hydrogen) atoms. The molecule has 1 amide bonds. The molecule has 1 unspecified atom stereocenters. The molecule has 104 valence electrons. The van der Waals surface area contributed by atoms with Crippen LogP contribution in [0.15, 0.2) is 5.51 Å². The SMILES string of the molecule is CCOC(=O)CN1CCc2ncsc2C(NC)C1=O. The van der Waals surface area contributed by atoms with Crippen molar-refractivity contribution in [2.75, 3.05) is 26.7 Å². The number of ether oxygens (including phenoxy) is 1. The molecular formula is C12H17N3O3S. The van der Waals surface area contributed by atoms with Gasteiger partial charge >= 0.3 is 5.97 Å². The summed E-state index contributed by atoms with van der Waals surface area (Å²) in [6, 6.07) is -0.417. The normalized spacial score (nSPS) is 18.9. The smallest absolute Gasteiger partial charge is 0.325 e. The molecule has 6 nitrogen and oxygen atoms in total. The molecule has 0 spiro atoms. The highest BCUT2D eigenvalue weighted by molar-refractivity contribution is 7.10. The Labute approximate surface area is 115 Å². The van der Waals surface area contributed by atoms with E-state index in [9.17, 15) is 9.59 Å². The maximum atomic E-state index is 12.4. The first-order chi connectivity index (χ1) is 9.17. The van der Waals surface area contributed by atoms with E-state index < -0.39 is 6.04 Å². The Balaban J connectivity index is 2.15. The predicted molar refractivity (Wildman–Crippen MR) is 70.8 cm³/mol. The highest BCUT2D eigenvalue weighted by Gasteiger charge is 2.32. The maximum Gasteiger partial charge on any atom is 0.325 e.